The van der Waals surface area contributed by atoms with Gasteiger partial charge in [0.15, 0.2) is 0 Å². The monoisotopic (exact) mass is 393 g/mol. The van der Waals surface area contributed by atoms with Gasteiger partial charge in [-0.1, -0.05) is 31.2 Å². The summed E-state index contributed by atoms with van der Waals surface area (Å²) in [4.78, 5) is 40.1. The van der Waals surface area contributed by atoms with Crippen LogP contribution in [-0.4, -0.2) is 43.3 Å². The minimum Gasteiger partial charge on any atom is -0.352 e. The van der Waals surface area contributed by atoms with Gasteiger partial charge in [-0.15, -0.1) is 0 Å². The standard InChI is InChI=1S/C23H27N3O3/c1-4-16-7-11-20(12-8-16)26-15-19(13-21(26)27)22(28)24-14-17-5-9-18(10-6-17)23(29)25(2)3/h5-12,19H,4,13-15H2,1-3H3,(H,24,28). The maximum atomic E-state index is 12.6. The Labute approximate surface area is 171 Å². The van der Waals surface area contributed by atoms with Crippen molar-refractivity contribution in [3.8, 4) is 0 Å². The summed E-state index contributed by atoms with van der Waals surface area (Å²) >= 11 is 0. The van der Waals surface area contributed by atoms with Gasteiger partial charge >= 0.3 is 0 Å². The Bertz CT molecular complexity index is 889. The molecule has 1 aliphatic rings. The van der Waals surface area contributed by atoms with Crippen LogP contribution < -0.4 is 10.2 Å². The van der Waals surface area contributed by atoms with E-state index < -0.39 is 0 Å². The zero-order valence-corrected chi connectivity index (χ0v) is 17.1. The third-order valence-corrected chi connectivity index (χ3v) is 5.23. The summed E-state index contributed by atoms with van der Waals surface area (Å²) in [7, 11) is 3.42. The lowest BCUT2D eigenvalue weighted by molar-refractivity contribution is -0.126. The Morgan fingerprint density at radius 3 is 2.24 bits per heavy atom. The fraction of sp³-hybridized carbons (Fsp3) is 0.348. The highest BCUT2D eigenvalue weighted by Gasteiger charge is 2.34. The lowest BCUT2D eigenvalue weighted by atomic mass is 10.1. The fourth-order valence-electron chi connectivity index (χ4n) is 3.40. The second kappa shape index (κ2) is 8.90. The number of aryl methyl sites for hydroxylation is 1. The summed E-state index contributed by atoms with van der Waals surface area (Å²) in [6, 6.07) is 15.1. The summed E-state index contributed by atoms with van der Waals surface area (Å²) in [5.41, 5.74) is 3.57. The van der Waals surface area contributed by atoms with Crippen molar-refractivity contribution >= 4 is 23.4 Å². The number of nitrogens with one attached hydrogen (secondary N) is 1. The Hall–Kier alpha value is -3.15. The zero-order valence-electron chi connectivity index (χ0n) is 17.1. The molecule has 1 unspecified atom stereocenters. The van der Waals surface area contributed by atoms with Crippen LogP contribution >= 0.6 is 0 Å². The van der Waals surface area contributed by atoms with E-state index in [0.717, 1.165) is 17.7 Å². The van der Waals surface area contributed by atoms with Gasteiger partial charge in [0.05, 0.1) is 5.92 Å². The summed E-state index contributed by atoms with van der Waals surface area (Å²) in [5, 5.41) is 2.91. The van der Waals surface area contributed by atoms with Gasteiger partial charge in [0.1, 0.15) is 0 Å². The molecule has 0 aliphatic carbocycles. The van der Waals surface area contributed by atoms with Gasteiger partial charge in [0.25, 0.3) is 5.91 Å². The molecule has 3 amide bonds. The molecule has 1 heterocycles. The van der Waals surface area contributed by atoms with Gasteiger partial charge < -0.3 is 15.1 Å². The fourth-order valence-corrected chi connectivity index (χ4v) is 3.40. The molecule has 3 rings (SSSR count). The van der Waals surface area contributed by atoms with E-state index in [2.05, 4.69) is 12.2 Å². The first-order valence-electron chi connectivity index (χ1n) is 9.86. The quantitative estimate of drug-likeness (QED) is 0.820. The van der Waals surface area contributed by atoms with E-state index in [0.29, 0.717) is 18.7 Å². The third-order valence-electron chi connectivity index (χ3n) is 5.23. The van der Waals surface area contributed by atoms with Gasteiger partial charge in [-0.05, 0) is 41.8 Å². The predicted molar refractivity (Wildman–Crippen MR) is 113 cm³/mol. The number of carbonyl (C=O) groups is 3. The largest absolute Gasteiger partial charge is 0.352 e. The molecular weight excluding hydrogens is 366 g/mol. The van der Waals surface area contributed by atoms with Crippen LogP contribution in [0.15, 0.2) is 48.5 Å². The SMILES string of the molecule is CCc1ccc(N2CC(C(=O)NCc3ccc(C(=O)N(C)C)cc3)CC2=O)cc1. The second-order valence-corrected chi connectivity index (χ2v) is 7.54. The number of hydrogen-bond donors (Lipinski definition) is 1. The molecule has 0 spiro atoms. The highest BCUT2D eigenvalue weighted by molar-refractivity contribution is 6.00. The molecule has 6 nitrogen and oxygen atoms in total. The van der Waals surface area contributed by atoms with E-state index in [4.69, 9.17) is 0 Å². The van der Waals surface area contributed by atoms with E-state index in [1.165, 1.54) is 10.5 Å². The van der Waals surface area contributed by atoms with Gasteiger partial charge in [-0.25, -0.2) is 0 Å². The van der Waals surface area contributed by atoms with Crippen molar-refractivity contribution in [1.29, 1.82) is 0 Å². The highest BCUT2D eigenvalue weighted by atomic mass is 16.2. The summed E-state index contributed by atoms with van der Waals surface area (Å²) in [6.07, 6.45) is 1.17. The van der Waals surface area contributed by atoms with Crippen LogP contribution in [0.3, 0.4) is 0 Å². The Morgan fingerprint density at radius 1 is 1.03 bits per heavy atom. The number of amides is 3. The van der Waals surface area contributed by atoms with Gasteiger partial charge in [-0.3, -0.25) is 14.4 Å². The molecule has 1 fully saturated rings. The van der Waals surface area contributed by atoms with E-state index in [9.17, 15) is 14.4 Å². The summed E-state index contributed by atoms with van der Waals surface area (Å²) < 4.78 is 0. The Kier molecular flexibility index (Phi) is 6.32. The molecule has 0 aromatic heterocycles. The third kappa shape index (κ3) is 4.83. The van der Waals surface area contributed by atoms with Crippen molar-refractivity contribution in [2.45, 2.75) is 26.3 Å². The molecule has 0 bridgehead atoms. The second-order valence-electron chi connectivity index (χ2n) is 7.54. The molecule has 0 saturated carbocycles. The predicted octanol–water partition coefficient (Wildman–Crippen LogP) is 2.62. The van der Waals surface area contributed by atoms with Crippen LogP contribution in [0.2, 0.25) is 0 Å². The van der Waals surface area contributed by atoms with Crippen LogP contribution in [0.4, 0.5) is 5.69 Å². The maximum absolute atomic E-state index is 12.6. The average molecular weight is 393 g/mol. The first-order valence-corrected chi connectivity index (χ1v) is 9.86. The van der Waals surface area contributed by atoms with Crippen molar-refractivity contribution in [2.75, 3.05) is 25.5 Å². The van der Waals surface area contributed by atoms with E-state index in [1.54, 1.807) is 31.1 Å². The van der Waals surface area contributed by atoms with Crippen LogP contribution in [0.5, 0.6) is 0 Å². The molecule has 1 aliphatic heterocycles. The number of benzene rings is 2. The van der Waals surface area contributed by atoms with Crippen molar-refractivity contribution in [2.24, 2.45) is 5.92 Å². The number of carbonyl (C=O) groups excluding carboxylic acids is 3. The van der Waals surface area contributed by atoms with Crippen molar-refractivity contribution in [3.05, 3.63) is 65.2 Å². The normalized spacial score (nSPS) is 16.0. The van der Waals surface area contributed by atoms with E-state index in [-0.39, 0.29) is 30.1 Å². The van der Waals surface area contributed by atoms with Gasteiger partial charge in [0.2, 0.25) is 11.8 Å². The number of rotatable bonds is 6. The summed E-state index contributed by atoms with van der Waals surface area (Å²) in [5.74, 6) is -0.569. The highest BCUT2D eigenvalue weighted by Crippen LogP contribution is 2.25. The van der Waals surface area contributed by atoms with Crippen LogP contribution in [-0.2, 0) is 22.6 Å². The molecule has 1 saturated heterocycles. The number of nitrogens with zero attached hydrogens (tertiary/aromatic N) is 2. The lowest BCUT2D eigenvalue weighted by Gasteiger charge is -2.17. The zero-order chi connectivity index (χ0) is 21.0. The van der Waals surface area contributed by atoms with E-state index >= 15 is 0 Å². The molecule has 2 aromatic carbocycles. The first-order chi connectivity index (χ1) is 13.9. The topological polar surface area (TPSA) is 69.7 Å². The Balaban J connectivity index is 1.56. The molecule has 0 radical (unpaired) electrons. The first kappa shape index (κ1) is 20.6. The number of anilines is 1. The van der Waals surface area contributed by atoms with Crippen molar-refractivity contribution < 1.29 is 14.4 Å². The van der Waals surface area contributed by atoms with Crippen molar-refractivity contribution in [3.63, 3.8) is 0 Å². The van der Waals surface area contributed by atoms with Crippen LogP contribution in [0.1, 0.15) is 34.8 Å². The van der Waals surface area contributed by atoms with Gasteiger partial charge in [0, 0.05) is 44.9 Å². The van der Waals surface area contributed by atoms with E-state index in [1.807, 2.05) is 36.4 Å². The number of hydrogen-bond acceptors (Lipinski definition) is 3. The average Bonchev–Trinajstić information content (AvgIpc) is 3.13. The van der Waals surface area contributed by atoms with Gasteiger partial charge in [-0.2, -0.15) is 0 Å². The molecule has 152 valence electrons. The minimum atomic E-state index is -0.358. The maximum Gasteiger partial charge on any atom is 0.253 e. The molecular formula is C23H27N3O3. The molecule has 6 heteroatoms. The molecule has 29 heavy (non-hydrogen) atoms. The van der Waals surface area contributed by atoms with Crippen LogP contribution in [0.25, 0.3) is 0 Å². The van der Waals surface area contributed by atoms with Crippen molar-refractivity contribution in [1.82, 2.24) is 10.2 Å². The smallest absolute Gasteiger partial charge is 0.253 e. The Morgan fingerprint density at radius 2 is 1.66 bits per heavy atom. The molecule has 1 N–H and O–H groups in total. The molecule has 2 aromatic rings. The molecule has 1 atom stereocenters. The van der Waals surface area contributed by atoms with Crippen LogP contribution in [0, 0.1) is 5.92 Å². The summed E-state index contributed by atoms with van der Waals surface area (Å²) in [6.45, 7) is 2.85. The lowest BCUT2D eigenvalue weighted by Crippen LogP contribution is -2.32. The minimum absolute atomic E-state index is 0.0269.